The van der Waals surface area contributed by atoms with Crippen LogP contribution in [0.2, 0.25) is 0 Å². The average Bonchev–Trinajstić information content (AvgIpc) is 2.45. The van der Waals surface area contributed by atoms with E-state index in [1.807, 2.05) is 6.92 Å². The van der Waals surface area contributed by atoms with Gasteiger partial charge in [-0.2, -0.15) is 0 Å². The van der Waals surface area contributed by atoms with Crippen LogP contribution in [-0.2, 0) is 9.53 Å². The molecule has 3 N–H and O–H groups in total. The molecule has 0 aliphatic carbocycles. The zero-order valence-electron chi connectivity index (χ0n) is 13.8. The number of nitrogens with one attached hydrogen (secondary N) is 1. The molecule has 0 aromatic carbocycles. The number of methoxy groups -OCH3 is 1. The summed E-state index contributed by atoms with van der Waals surface area (Å²) in [6.45, 7) is 9.92. The molecule has 1 fully saturated rings. The summed E-state index contributed by atoms with van der Waals surface area (Å²) in [6, 6.07) is 0.658. The fourth-order valence-corrected chi connectivity index (χ4v) is 2.94. The number of nitrogens with two attached hydrogens (primary N) is 1. The fraction of sp³-hybridized carbons (Fsp3) is 0.933. The highest BCUT2D eigenvalue weighted by Crippen LogP contribution is 2.11. The predicted molar refractivity (Wildman–Crippen MR) is 85.2 cm³/mol. The second-order valence-corrected chi connectivity index (χ2v) is 5.88. The molecule has 1 aliphatic heterocycles. The minimum atomic E-state index is 0.0674. The lowest BCUT2D eigenvalue weighted by molar-refractivity contribution is -0.123. The lowest BCUT2D eigenvalue weighted by Gasteiger charge is -2.38. The van der Waals surface area contributed by atoms with Crippen LogP contribution in [0.5, 0.6) is 0 Å². The second-order valence-electron chi connectivity index (χ2n) is 5.88. The van der Waals surface area contributed by atoms with Gasteiger partial charge in [0.25, 0.3) is 0 Å². The van der Waals surface area contributed by atoms with Gasteiger partial charge in [-0.05, 0) is 26.3 Å². The van der Waals surface area contributed by atoms with E-state index in [0.29, 0.717) is 19.2 Å². The van der Waals surface area contributed by atoms with Crippen molar-refractivity contribution >= 4 is 5.91 Å². The van der Waals surface area contributed by atoms with E-state index in [2.05, 4.69) is 22.0 Å². The minimum Gasteiger partial charge on any atom is -0.383 e. The molecule has 0 aromatic rings. The summed E-state index contributed by atoms with van der Waals surface area (Å²) in [4.78, 5) is 16.7. The SMILES string of the molecule is CCC(CCN)N1CCN(CC(=O)NC(C)COC)CC1. The molecule has 1 aliphatic rings. The normalized spacial score (nSPS) is 20.2. The first-order valence-electron chi connectivity index (χ1n) is 8.05. The third-order valence-corrected chi connectivity index (χ3v) is 4.09. The highest BCUT2D eigenvalue weighted by molar-refractivity contribution is 5.78. The van der Waals surface area contributed by atoms with Gasteiger partial charge in [0.1, 0.15) is 0 Å². The molecule has 2 unspecified atom stereocenters. The van der Waals surface area contributed by atoms with E-state index < -0.39 is 0 Å². The maximum atomic E-state index is 11.9. The first-order valence-corrected chi connectivity index (χ1v) is 8.05. The van der Waals surface area contributed by atoms with Gasteiger partial charge >= 0.3 is 0 Å². The first kappa shape index (κ1) is 18.4. The van der Waals surface area contributed by atoms with E-state index in [9.17, 15) is 4.79 Å². The Bertz CT molecular complexity index is 293. The van der Waals surface area contributed by atoms with Gasteiger partial charge in [-0.3, -0.25) is 14.6 Å². The summed E-state index contributed by atoms with van der Waals surface area (Å²) in [7, 11) is 1.65. The first-order chi connectivity index (χ1) is 10.1. The molecule has 1 heterocycles. The number of hydrogen-bond donors (Lipinski definition) is 2. The van der Waals surface area contributed by atoms with E-state index in [0.717, 1.165) is 45.6 Å². The van der Waals surface area contributed by atoms with Crippen molar-refractivity contribution in [1.29, 1.82) is 0 Å². The average molecular weight is 300 g/mol. The molecule has 6 heteroatoms. The Hall–Kier alpha value is -0.690. The molecular weight excluding hydrogens is 268 g/mol. The van der Waals surface area contributed by atoms with Crippen LogP contribution in [-0.4, -0.2) is 80.8 Å². The van der Waals surface area contributed by atoms with E-state index >= 15 is 0 Å². The monoisotopic (exact) mass is 300 g/mol. The van der Waals surface area contributed by atoms with Crippen molar-refractivity contribution in [2.24, 2.45) is 5.73 Å². The molecule has 0 radical (unpaired) electrons. The number of amides is 1. The molecule has 21 heavy (non-hydrogen) atoms. The molecule has 0 spiro atoms. The van der Waals surface area contributed by atoms with Crippen molar-refractivity contribution in [3.63, 3.8) is 0 Å². The highest BCUT2D eigenvalue weighted by Gasteiger charge is 2.23. The largest absolute Gasteiger partial charge is 0.383 e. The number of rotatable bonds is 9. The lowest BCUT2D eigenvalue weighted by atomic mass is 10.1. The standard InChI is InChI=1S/C15H32N4O2/c1-4-14(5-6-16)19-9-7-18(8-10-19)11-15(20)17-13(2)12-21-3/h13-14H,4-12,16H2,1-3H3,(H,17,20). The Morgan fingerprint density at radius 3 is 2.52 bits per heavy atom. The predicted octanol–water partition coefficient (Wildman–Crippen LogP) is -0.117. The van der Waals surface area contributed by atoms with Crippen LogP contribution >= 0.6 is 0 Å². The van der Waals surface area contributed by atoms with Gasteiger partial charge in [0.05, 0.1) is 13.2 Å². The van der Waals surface area contributed by atoms with Crippen LogP contribution in [0.15, 0.2) is 0 Å². The van der Waals surface area contributed by atoms with Crippen LogP contribution < -0.4 is 11.1 Å². The third-order valence-electron chi connectivity index (χ3n) is 4.09. The minimum absolute atomic E-state index is 0.0674. The van der Waals surface area contributed by atoms with Crippen molar-refractivity contribution in [1.82, 2.24) is 15.1 Å². The van der Waals surface area contributed by atoms with Gasteiger partial charge < -0.3 is 15.8 Å². The van der Waals surface area contributed by atoms with Gasteiger partial charge in [0.15, 0.2) is 0 Å². The molecule has 124 valence electrons. The number of nitrogens with zero attached hydrogens (tertiary/aromatic N) is 2. The molecular formula is C15H32N4O2. The number of carbonyl (C=O) groups is 1. The number of carbonyl (C=O) groups excluding carboxylic acids is 1. The third kappa shape index (κ3) is 6.74. The summed E-state index contributed by atoms with van der Waals surface area (Å²) in [6.07, 6.45) is 2.21. The molecule has 0 aromatic heterocycles. The van der Waals surface area contributed by atoms with E-state index in [4.69, 9.17) is 10.5 Å². The Balaban J connectivity index is 2.28. The van der Waals surface area contributed by atoms with Crippen LogP contribution in [0.3, 0.4) is 0 Å². The fourth-order valence-electron chi connectivity index (χ4n) is 2.94. The van der Waals surface area contributed by atoms with Gasteiger partial charge in [-0.25, -0.2) is 0 Å². The van der Waals surface area contributed by atoms with E-state index in [1.54, 1.807) is 7.11 Å². The molecule has 6 nitrogen and oxygen atoms in total. The van der Waals surface area contributed by atoms with Crippen LogP contribution in [0, 0.1) is 0 Å². The Kier molecular flexibility index (Phi) is 8.84. The summed E-state index contributed by atoms with van der Waals surface area (Å²) in [5, 5.41) is 2.96. The van der Waals surface area contributed by atoms with Gasteiger partial charge in [-0.15, -0.1) is 0 Å². The molecule has 1 amide bonds. The molecule has 1 saturated heterocycles. The maximum absolute atomic E-state index is 11.9. The highest BCUT2D eigenvalue weighted by atomic mass is 16.5. The van der Waals surface area contributed by atoms with Gasteiger partial charge in [0, 0.05) is 45.4 Å². The summed E-state index contributed by atoms with van der Waals surface area (Å²) < 4.78 is 5.02. The molecule has 0 saturated carbocycles. The number of hydrogen-bond acceptors (Lipinski definition) is 5. The van der Waals surface area contributed by atoms with Crippen LogP contribution in [0.25, 0.3) is 0 Å². The van der Waals surface area contributed by atoms with Crippen molar-refractivity contribution in [3.8, 4) is 0 Å². The Labute approximate surface area is 129 Å². The Morgan fingerprint density at radius 2 is 2.00 bits per heavy atom. The van der Waals surface area contributed by atoms with Crippen molar-refractivity contribution in [2.45, 2.75) is 38.8 Å². The maximum Gasteiger partial charge on any atom is 0.234 e. The summed E-state index contributed by atoms with van der Waals surface area (Å²) >= 11 is 0. The summed E-state index contributed by atoms with van der Waals surface area (Å²) in [5.74, 6) is 0.0852. The number of piperazine rings is 1. The Morgan fingerprint density at radius 1 is 1.33 bits per heavy atom. The van der Waals surface area contributed by atoms with Crippen molar-refractivity contribution < 1.29 is 9.53 Å². The quantitative estimate of drug-likeness (QED) is 0.621. The molecule has 0 bridgehead atoms. The van der Waals surface area contributed by atoms with E-state index in [1.165, 1.54) is 0 Å². The van der Waals surface area contributed by atoms with Crippen LogP contribution in [0.1, 0.15) is 26.7 Å². The summed E-state index contributed by atoms with van der Waals surface area (Å²) in [5.41, 5.74) is 5.68. The van der Waals surface area contributed by atoms with Crippen molar-refractivity contribution in [2.75, 3.05) is 53.0 Å². The zero-order valence-corrected chi connectivity index (χ0v) is 13.8. The van der Waals surface area contributed by atoms with E-state index in [-0.39, 0.29) is 11.9 Å². The van der Waals surface area contributed by atoms with Crippen LogP contribution in [0.4, 0.5) is 0 Å². The zero-order chi connectivity index (χ0) is 15.7. The van der Waals surface area contributed by atoms with Gasteiger partial charge in [-0.1, -0.05) is 6.92 Å². The topological polar surface area (TPSA) is 70.8 Å². The van der Waals surface area contributed by atoms with Gasteiger partial charge in [0.2, 0.25) is 5.91 Å². The number of ether oxygens (including phenoxy) is 1. The second kappa shape index (κ2) is 10.1. The molecule has 1 rings (SSSR count). The smallest absolute Gasteiger partial charge is 0.234 e. The molecule has 2 atom stereocenters. The lowest BCUT2D eigenvalue weighted by Crippen LogP contribution is -2.53. The van der Waals surface area contributed by atoms with Crippen molar-refractivity contribution in [3.05, 3.63) is 0 Å².